The molecule has 152 valence electrons. The van der Waals surface area contributed by atoms with E-state index in [1.165, 1.54) is 19.3 Å². The number of nitrogens with zero attached hydrogens (tertiary/aromatic N) is 1. The molecule has 0 N–H and O–H groups in total. The summed E-state index contributed by atoms with van der Waals surface area (Å²) in [6.07, 6.45) is 9.92. The van der Waals surface area contributed by atoms with E-state index in [1.54, 1.807) is 0 Å². The average Bonchev–Trinajstić information content (AvgIpc) is 3.02. The first kappa shape index (κ1) is 20.9. The van der Waals surface area contributed by atoms with E-state index in [0.29, 0.717) is 19.4 Å². The summed E-state index contributed by atoms with van der Waals surface area (Å²) < 4.78 is 12.0. The number of ether oxygens (including phenoxy) is 2. The first-order valence-electron chi connectivity index (χ1n) is 11.0. The summed E-state index contributed by atoms with van der Waals surface area (Å²) in [6.45, 7) is 2.79. The molecule has 0 bridgehead atoms. The molecule has 2 fully saturated rings. The second-order valence-corrected chi connectivity index (χ2v) is 8.38. The van der Waals surface area contributed by atoms with Gasteiger partial charge >= 0.3 is 5.97 Å². The van der Waals surface area contributed by atoms with Crippen LogP contribution in [0.15, 0.2) is 30.3 Å². The monoisotopic (exact) mass is 383 g/mol. The van der Waals surface area contributed by atoms with Crippen molar-refractivity contribution >= 4 is 5.97 Å². The zero-order valence-corrected chi connectivity index (χ0v) is 17.1. The molecule has 1 aromatic carbocycles. The molecule has 1 heterocycles. The van der Waals surface area contributed by atoms with Gasteiger partial charge in [-0.15, -0.1) is 0 Å². The molecule has 1 aromatic rings. The number of hydrogen-bond donors (Lipinski definition) is 0. The second-order valence-electron chi connectivity index (χ2n) is 8.38. The van der Waals surface area contributed by atoms with Crippen molar-refractivity contribution in [2.24, 2.45) is 11.3 Å². The van der Waals surface area contributed by atoms with E-state index in [4.69, 9.17) is 9.47 Å². The maximum Gasteiger partial charge on any atom is 0.327 e. The molecular weight excluding hydrogens is 350 g/mol. The Hall–Kier alpha value is -1.86. The Bertz CT molecular complexity index is 668. The predicted molar refractivity (Wildman–Crippen MR) is 108 cm³/mol. The van der Waals surface area contributed by atoms with Gasteiger partial charge in [-0.3, -0.25) is 4.79 Å². The minimum Gasteiger partial charge on any atom is -0.461 e. The van der Waals surface area contributed by atoms with Crippen molar-refractivity contribution in [1.29, 1.82) is 5.26 Å². The van der Waals surface area contributed by atoms with Crippen molar-refractivity contribution in [3.05, 3.63) is 35.9 Å². The summed E-state index contributed by atoms with van der Waals surface area (Å²) in [4.78, 5) is 12.5. The fourth-order valence-electron chi connectivity index (χ4n) is 4.79. The number of rotatable bonds is 10. The van der Waals surface area contributed by atoms with E-state index in [2.05, 4.69) is 25.1 Å². The van der Waals surface area contributed by atoms with Crippen molar-refractivity contribution in [1.82, 2.24) is 0 Å². The molecule has 0 aromatic heterocycles. The number of esters is 1. The lowest BCUT2D eigenvalue weighted by Gasteiger charge is -2.32. The molecule has 0 spiro atoms. The smallest absolute Gasteiger partial charge is 0.327 e. The molecular formula is C24H33NO3. The van der Waals surface area contributed by atoms with Crippen LogP contribution in [0.5, 0.6) is 0 Å². The number of carbonyl (C=O) groups is 1. The average molecular weight is 384 g/mol. The summed E-state index contributed by atoms with van der Waals surface area (Å²) in [5.74, 6) is -0.269. The van der Waals surface area contributed by atoms with Crippen LogP contribution in [0.2, 0.25) is 0 Å². The molecule has 1 aliphatic carbocycles. The van der Waals surface area contributed by atoms with Gasteiger partial charge < -0.3 is 9.47 Å². The zero-order valence-electron chi connectivity index (χ0n) is 17.1. The maximum absolute atomic E-state index is 12.5. The zero-order chi connectivity index (χ0) is 19.8. The second kappa shape index (κ2) is 10.1. The molecule has 4 atom stereocenters. The predicted octanol–water partition coefficient (Wildman–Crippen LogP) is 5.56. The van der Waals surface area contributed by atoms with Crippen LogP contribution < -0.4 is 0 Å². The molecule has 2 aliphatic rings. The lowest BCUT2D eigenvalue weighted by molar-refractivity contribution is -0.148. The van der Waals surface area contributed by atoms with Gasteiger partial charge in [-0.2, -0.15) is 5.26 Å². The largest absolute Gasteiger partial charge is 0.461 e. The van der Waals surface area contributed by atoms with Crippen LogP contribution in [0, 0.1) is 22.7 Å². The van der Waals surface area contributed by atoms with Gasteiger partial charge in [0.15, 0.2) is 5.41 Å². The number of fused-ring (bicyclic) bond motifs is 1. The Morgan fingerprint density at radius 3 is 2.82 bits per heavy atom. The molecule has 4 heteroatoms. The quantitative estimate of drug-likeness (QED) is 0.392. The highest BCUT2D eigenvalue weighted by Gasteiger charge is 2.58. The SMILES string of the molecule is CCCCCC[C@@H](C[C@@H]1OC(=O)[C@@]2(C#N)CCCC[C@@H]12)OCc1ccccc1. The summed E-state index contributed by atoms with van der Waals surface area (Å²) in [5.41, 5.74) is 0.253. The van der Waals surface area contributed by atoms with Gasteiger partial charge in [0.05, 0.1) is 18.8 Å². The molecule has 1 saturated carbocycles. The van der Waals surface area contributed by atoms with Crippen LogP contribution in [-0.2, 0) is 20.9 Å². The van der Waals surface area contributed by atoms with Crippen LogP contribution in [-0.4, -0.2) is 18.2 Å². The van der Waals surface area contributed by atoms with Crippen molar-refractivity contribution in [3.63, 3.8) is 0 Å². The third-order valence-corrected chi connectivity index (χ3v) is 6.44. The van der Waals surface area contributed by atoms with E-state index in [1.807, 2.05) is 18.2 Å². The Labute approximate surface area is 169 Å². The van der Waals surface area contributed by atoms with E-state index in [-0.39, 0.29) is 24.1 Å². The van der Waals surface area contributed by atoms with Crippen LogP contribution in [0.4, 0.5) is 0 Å². The van der Waals surface area contributed by atoms with Gasteiger partial charge in [0.25, 0.3) is 0 Å². The minimum absolute atomic E-state index is 0.0252. The molecule has 1 saturated heterocycles. The maximum atomic E-state index is 12.5. The Balaban J connectivity index is 1.64. The molecule has 0 radical (unpaired) electrons. The van der Waals surface area contributed by atoms with Crippen molar-refractivity contribution < 1.29 is 14.3 Å². The van der Waals surface area contributed by atoms with Gasteiger partial charge in [-0.25, -0.2) is 0 Å². The molecule has 4 nitrogen and oxygen atoms in total. The lowest BCUT2D eigenvalue weighted by Crippen LogP contribution is -2.37. The molecule has 3 rings (SSSR count). The lowest BCUT2D eigenvalue weighted by atomic mass is 9.66. The van der Waals surface area contributed by atoms with Gasteiger partial charge in [0, 0.05) is 12.3 Å². The normalized spacial score (nSPS) is 27.6. The standard InChI is InChI=1S/C24H33NO3/c1-2-3-4-8-13-20(27-17-19-11-6-5-7-12-19)16-22-21-14-9-10-15-24(21,18-25)23(26)28-22/h5-7,11-12,20-22H,2-4,8-10,13-17H2,1H3/t20-,21-,22-,24+/m0/s1. The molecule has 1 aliphatic heterocycles. The van der Waals surface area contributed by atoms with E-state index in [0.717, 1.165) is 37.7 Å². The molecule has 0 unspecified atom stereocenters. The topological polar surface area (TPSA) is 59.3 Å². The number of benzene rings is 1. The highest BCUT2D eigenvalue weighted by atomic mass is 16.6. The Morgan fingerprint density at radius 1 is 1.25 bits per heavy atom. The fraction of sp³-hybridized carbons (Fsp3) is 0.667. The first-order valence-corrected chi connectivity index (χ1v) is 11.0. The van der Waals surface area contributed by atoms with Crippen LogP contribution >= 0.6 is 0 Å². The Morgan fingerprint density at radius 2 is 2.07 bits per heavy atom. The summed E-state index contributed by atoms with van der Waals surface area (Å²) in [7, 11) is 0. The minimum atomic E-state index is -0.908. The highest BCUT2D eigenvalue weighted by Crippen LogP contribution is 2.50. The highest BCUT2D eigenvalue weighted by molar-refractivity contribution is 5.83. The summed E-state index contributed by atoms with van der Waals surface area (Å²) >= 11 is 0. The van der Waals surface area contributed by atoms with Gasteiger partial charge in [0.2, 0.25) is 0 Å². The van der Waals surface area contributed by atoms with E-state index >= 15 is 0 Å². The summed E-state index contributed by atoms with van der Waals surface area (Å²) in [6, 6.07) is 12.5. The third-order valence-electron chi connectivity index (χ3n) is 6.44. The first-order chi connectivity index (χ1) is 13.7. The van der Waals surface area contributed by atoms with Crippen LogP contribution in [0.25, 0.3) is 0 Å². The van der Waals surface area contributed by atoms with E-state index < -0.39 is 5.41 Å². The van der Waals surface area contributed by atoms with Crippen LogP contribution in [0.1, 0.15) is 76.7 Å². The number of unbranched alkanes of at least 4 members (excludes halogenated alkanes) is 3. The van der Waals surface area contributed by atoms with Gasteiger partial charge in [-0.1, -0.05) is 75.8 Å². The number of hydrogen-bond acceptors (Lipinski definition) is 4. The van der Waals surface area contributed by atoms with Crippen molar-refractivity contribution in [2.45, 2.75) is 89.9 Å². The van der Waals surface area contributed by atoms with Gasteiger partial charge in [0.1, 0.15) is 6.10 Å². The van der Waals surface area contributed by atoms with Gasteiger partial charge in [-0.05, 0) is 24.8 Å². The van der Waals surface area contributed by atoms with Crippen LogP contribution in [0.3, 0.4) is 0 Å². The summed E-state index contributed by atoms with van der Waals surface area (Å²) in [5, 5.41) is 9.74. The molecule has 0 amide bonds. The number of nitriles is 1. The van der Waals surface area contributed by atoms with Crippen molar-refractivity contribution in [2.75, 3.05) is 0 Å². The number of carbonyl (C=O) groups excluding carboxylic acids is 1. The van der Waals surface area contributed by atoms with Crippen molar-refractivity contribution in [3.8, 4) is 6.07 Å². The number of cyclic esters (lactones) is 1. The molecule has 28 heavy (non-hydrogen) atoms. The fourth-order valence-corrected chi connectivity index (χ4v) is 4.79. The third kappa shape index (κ3) is 4.75. The Kier molecular flexibility index (Phi) is 7.50. The van der Waals surface area contributed by atoms with E-state index in [9.17, 15) is 10.1 Å².